The third-order valence-electron chi connectivity index (χ3n) is 4.78. The normalized spacial score (nSPS) is 19.4. The molecule has 0 bridgehead atoms. The predicted molar refractivity (Wildman–Crippen MR) is 92.4 cm³/mol. The van der Waals surface area contributed by atoms with Crippen molar-refractivity contribution in [1.82, 2.24) is 9.91 Å². The number of rotatable bonds is 5. The van der Waals surface area contributed by atoms with Gasteiger partial charge in [-0.1, -0.05) is 47.7 Å². The highest BCUT2D eigenvalue weighted by Crippen LogP contribution is 2.33. The zero-order chi connectivity index (χ0) is 16.4. The van der Waals surface area contributed by atoms with E-state index < -0.39 is 6.23 Å². The van der Waals surface area contributed by atoms with E-state index in [1.807, 2.05) is 24.3 Å². The molecule has 2 aliphatic heterocycles. The number of aliphatic hydroxyl groups is 1. The molecule has 2 heterocycles. The van der Waals surface area contributed by atoms with Crippen LogP contribution in [0.1, 0.15) is 35.8 Å². The molecule has 2 aromatic rings. The fraction of sp³-hybridized carbons (Fsp3) is 0.368. The lowest BCUT2D eigenvalue weighted by atomic mass is 10.1. The van der Waals surface area contributed by atoms with Crippen LogP contribution < -0.4 is 0 Å². The van der Waals surface area contributed by atoms with Gasteiger partial charge in [0, 0.05) is 25.2 Å². The predicted octanol–water partition coefficient (Wildman–Crippen LogP) is 3.79. The summed E-state index contributed by atoms with van der Waals surface area (Å²) in [4.78, 5) is 2.48. The van der Waals surface area contributed by atoms with Crippen molar-refractivity contribution in [2.45, 2.75) is 32.2 Å². The molecular weight excluding hydrogens is 300 g/mol. The van der Waals surface area contributed by atoms with Crippen LogP contribution >= 0.6 is 0 Å². The molecule has 0 saturated heterocycles. The first-order valence-electron chi connectivity index (χ1n) is 8.56. The zero-order valence-electron chi connectivity index (χ0n) is 13.7. The van der Waals surface area contributed by atoms with Gasteiger partial charge in [-0.3, -0.25) is 4.90 Å². The molecule has 24 heavy (non-hydrogen) atoms. The van der Waals surface area contributed by atoms with Crippen molar-refractivity contribution in [2.24, 2.45) is 10.3 Å². The Morgan fingerprint density at radius 1 is 0.917 bits per heavy atom. The van der Waals surface area contributed by atoms with Gasteiger partial charge < -0.3 is 5.11 Å². The van der Waals surface area contributed by atoms with Crippen molar-refractivity contribution in [1.29, 1.82) is 0 Å². The van der Waals surface area contributed by atoms with E-state index in [1.54, 1.807) is 5.01 Å². The molecule has 1 atom stereocenters. The van der Waals surface area contributed by atoms with E-state index in [0.717, 1.165) is 50.3 Å². The molecule has 5 nitrogen and oxygen atoms in total. The standard InChI is InChI=1S/C19H22N4O/c24-19-17-9-3-4-10-18(17)20-21-23(19)12-6-5-11-22-13-15-7-1-2-8-16(15)14-22/h1-4,7-10,19,24H,5-6,11-14H2. The van der Waals surface area contributed by atoms with E-state index in [2.05, 4.69) is 39.5 Å². The second kappa shape index (κ2) is 6.71. The third-order valence-corrected chi connectivity index (χ3v) is 4.78. The number of aliphatic hydroxyl groups excluding tert-OH is 1. The minimum Gasteiger partial charge on any atom is -0.368 e. The van der Waals surface area contributed by atoms with E-state index in [4.69, 9.17) is 0 Å². The van der Waals surface area contributed by atoms with E-state index in [0.29, 0.717) is 0 Å². The molecule has 0 saturated carbocycles. The molecule has 0 aromatic heterocycles. The Balaban J connectivity index is 1.25. The van der Waals surface area contributed by atoms with Gasteiger partial charge in [-0.05, 0) is 36.6 Å². The lowest BCUT2D eigenvalue weighted by Crippen LogP contribution is -2.27. The molecule has 124 valence electrons. The van der Waals surface area contributed by atoms with Gasteiger partial charge >= 0.3 is 0 Å². The summed E-state index contributed by atoms with van der Waals surface area (Å²) in [7, 11) is 0. The molecule has 0 spiro atoms. The van der Waals surface area contributed by atoms with Crippen molar-refractivity contribution in [3.63, 3.8) is 0 Å². The summed E-state index contributed by atoms with van der Waals surface area (Å²) in [5.41, 5.74) is 4.50. The Labute approximate surface area is 142 Å². The Bertz CT molecular complexity index is 721. The molecule has 2 aromatic carbocycles. The second-order valence-electron chi connectivity index (χ2n) is 6.47. The third kappa shape index (κ3) is 3.05. The zero-order valence-corrected chi connectivity index (χ0v) is 13.7. The van der Waals surface area contributed by atoms with Crippen LogP contribution in [0.2, 0.25) is 0 Å². The molecule has 0 aliphatic carbocycles. The maximum absolute atomic E-state index is 10.4. The molecule has 1 N–H and O–H groups in total. The van der Waals surface area contributed by atoms with Crippen molar-refractivity contribution >= 4 is 5.69 Å². The Morgan fingerprint density at radius 3 is 2.38 bits per heavy atom. The molecule has 5 heteroatoms. The van der Waals surface area contributed by atoms with Crippen molar-refractivity contribution in [3.8, 4) is 0 Å². The van der Waals surface area contributed by atoms with Gasteiger partial charge in [0.15, 0.2) is 6.23 Å². The Morgan fingerprint density at radius 2 is 1.58 bits per heavy atom. The summed E-state index contributed by atoms with van der Waals surface area (Å²) >= 11 is 0. The van der Waals surface area contributed by atoms with Gasteiger partial charge in [-0.2, -0.15) is 0 Å². The first kappa shape index (κ1) is 15.3. The molecule has 2 aliphatic rings. The second-order valence-corrected chi connectivity index (χ2v) is 6.47. The maximum atomic E-state index is 10.4. The van der Waals surface area contributed by atoms with Crippen LogP contribution in [-0.4, -0.2) is 28.1 Å². The highest BCUT2D eigenvalue weighted by atomic mass is 16.3. The largest absolute Gasteiger partial charge is 0.368 e. The first-order chi connectivity index (χ1) is 11.8. The highest BCUT2D eigenvalue weighted by molar-refractivity contribution is 5.46. The SMILES string of the molecule is OC1c2ccccc2N=NN1CCCCN1Cc2ccccc2C1. The Kier molecular flexibility index (Phi) is 4.28. The number of hydrogen-bond donors (Lipinski definition) is 1. The highest BCUT2D eigenvalue weighted by Gasteiger charge is 2.23. The van der Waals surface area contributed by atoms with Crippen LogP contribution in [0, 0.1) is 0 Å². The van der Waals surface area contributed by atoms with Gasteiger partial charge in [-0.25, -0.2) is 5.01 Å². The van der Waals surface area contributed by atoms with Gasteiger partial charge in [-0.15, -0.1) is 5.11 Å². The summed E-state index contributed by atoms with van der Waals surface area (Å²) in [6.45, 7) is 3.90. The van der Waals surface area contributed by atoms with Gasteiger partial charge in [0.2, 0.25) is 0 Å². The average molecular weight is 322 g/mol. The number of hydrogen-bond acceptors (Lipinski definition) is 5. The summed E-state index contributed by atoms with van der Waals surface area (Å²) in [5.74, 6) is 0. The number of unbranched alkanes of at least 4 members (excludes halogenated alkanes) is 1. The van der Waals surface area contributed by atoms with Crippen molar-refractivity contribution < 1.29 is 5.11 Å². The average Bonchev–Trinajstić information content (AvgIpc) is 3.03. The fourth-order valence-corrected chi connectivity index (χ4v) is 3.45. The van der Waals surface area contributed by atoms with Crippen LogP contribution in [0.15, 0.2) is 58.9 Å². The summed E-state index contributed by atoms with van der Waals surface area (Å²) < 4.78 is 0. The van der Waals surface area contributed by atoms with Crippen molar-refractivity contribution in [2.75, 3.05) is 13.1 Å². The van der Waals surface area contributed by atoms with Gasteiger partial charge in [0.25, 0.3) is 0 Å². The van der Waals surface area contributed by atoms with Gasteiger partial charge in [0.1, 0.15) is 0 Å². The van der Waals surface area contributed by atoms with E-state index in [9.17, 15) is 5.11 Å². The molecule has 4 rings (SSSR count). The summed E-state index contributed by atoms with van der Waals surface area (Å²) in [5, 5.41) is 20.4. The summed E-state index contributed by atoms with van der Waals surface area (Å²) in [6.07, 6.45) is 1.40. The lowest BCUT2D eigenvalue weighted by Gasteiger charge is -2.28. The van der Waals surface area contributed by atoms with E-state index in [-0.39, 0.29) is 0 Å². The topological polar surface area (TPSA) is 51.4 Å². The molecule has 0 radical (unpaired) electrons. The van der Waals surface area contributed by atoms with Crippen LogP contribution in [0.3, 0.4) is 0 Å². The quantitative estimate of drug-likeness (QED) is 0.852. The van der Waals surface area contributed by atoms with Crippen LogP contribution in [0.4, 0.5) is 5.69 Å². The molecule has 0 fully saturated rings. The lowest BCUT2D eigenvalue weighted by molar-refractivity contribution is -0.00861. The monoisotopic (exact) mass is 322 g/mol. The smallest absolute Gasteiger partial charge is 0.172 e. The Hall–Kier alpha value is -2.24. The summed E-state index contributed by atoms with van der Waals surface area (Å²) in [6, 6.07) is 16.3. The van der Waals surface area contributed by atoms with Crippen LogP contribution in [0.5, 0.6) is 0 Å². The molecule has 1 unspecified atom stereocenters. The number of nitrogens with zero attached hydrogens (tertiary/aromatic N) is 4. The van der Waals surface area contributed by atoms with Gasteiger partial charge in [0.05, 0.1) is 5.69 Å². The number of fused-ring (bicyclic) bond motifs is 2. The minimum absolute atomic E-state index is 0.685. The van der Waals surface area contributed by atoms with Crippen LogP contribution in [0.25, 0.3) is 0 Å². The number of benzene rings is 2. The fourth-order valence-electron chi connectivity index (χ4n) is 3.45. The first-order valence-corrected chi connectivity index (χ1v) is 8.56. The molecular formula is C19H22N4O. The van der Waals surface area contributed by atoms with Crippen molar-refractivity contribution in [3.05, 3.63) is 65.2 Å². The van der Waals surface area contributed by atoms with E-state index >= 15 is 0 Å². The molecule has 0 amide bonds. The minimum atomic E-state index is -0.685. The maximum Gasteiger partial charge on any atom is 0.172 e. The van der Waals surface area contributed by atoms with Crippen LogP contribution in [-0.2, 0) is 13.1 Å². The van der Waals surface area contributed by atoms with E-state index in [1.165, 1.54) is 11.1 Å².